The average molecular weight is 476 g/mol. The molecule has 0 unspecified atom stereocenters. The van der Waals surface area contributed by atoms with Crippen molar-refractivity contribution in [3.63, 3.8) is 0 Å². The van der Waals surface area contributed by atoms with Crippen molar-refractivity contribution in [2.75, 3.05) is 18.4 Å². The Kier molecular flexibility index (Phi) is 6.28. The predicted octanol–water partition coefficient (Wildman–Crippen LogP) is 2.33. The molecular weight excluding hydrogens is 461 g/mol. The van der Waals surface area contributed by atoms with E-state index in [0.29, 0.717) is 52.5 Å². The van der Waals surface area contributed by atoms with Crippen molar-refractivity contribution in [1.82, 2.24) is 34.1 Å². The summed E-state index contributed by atoms with van der Waals surface area (Å²) in [6, 6.07) is 2.94. The van der Waals surface area contributed by atoms with E-state index in [1.807, 2.05) is 0 Å². The summed E-state index contributed by atoms with van der Waals surface area (Å²) in [6.45, 7) is 0.889. The molecule has 0 aliphatic carbocycles. The van der Waals surface area contributed by atoms with Crippen LogP contribution >= 0.6 is 23.2 Å². The fraction of sp³-hybridized carbons (Fsp3) is 0.222. The molecule has 4 aromatic heterocycles. The van der Waals surface area contributed by atoms with Gasteiger partial charge in [0.25, 0.3) is 0 Å². The van der Waals surface area contributed by atoms with Crippen molar-refractivity contribution < 1.29 is 14.7 Å². The largest absolute Gasteiger partial charge is 0.391 e. The normalized spacial score (nSPS) is 15.3. The highest BCUT2D eigenvalue weighted by atomic mass is 35.5. The van der Waals surface area contributed by atoms with E-state index in [1.165, 1.54) is 27.5 Å². The van der Waals surface area contributed by atoms with Crippen molar-refractivity contribution >= 4 is 58.0 Å². The molecule has 0 radical (unpaired) electrons. The fourth-order valence-electron chi connectivity index (χ4n) is 3.02. The Balaban J connectivity index is 0.000000165. The Morgan fingerprint density at radius 2 is 1.78 bits per heavy atom. The molecule has 1 atom stereocenters. The number of aliphatic imine (C=N–C) groups is 1. The minimum absolute atomic E-state index is 0.270. The number of likely N-dealkylation sites (tertiary alicyclic amines) is 1. The molecule has 14 heteroatoms. The quantitative estimate of drug-likeness (QED) is 0.257. The number of carbonyl (C=O) groups excluding carboxylic acids is 2. The summed E-state index contributed by atoms with van der Waals surface area (Å²) in [4.78, 5) is 35.0. The van der Waals surface area contributed by atoms with Gasteiger partial charge in [0.15, 0.2) is 11.3 Å². The zero-order chi connectivity index (χ0) is 22.7. The molecule has 1 fully saturated rings. The molecule has 5 rings (SSSR count). The van der Waals surface area contributed by atoms with E-state index in [1.54, 1.807) is 29.4 Å². The maximum atomic E-state index is 12.0. The minimum atomic E-state index is -0.442. The van der Waals surface area contributed by atoms with E-state index in [-0.39, 0.29) is 6.03 Å². The number of amides is 2. The first kappa shape index (κ1) is 21.7. The number of aromatic nitrogens is 6. The van der Waals surface area contributed by atoms with Gasteiger partial charge in [0.1, 0.15) is 21.7 Å². The van der Waals surface area contributed by atoms with Crippen LogP contribution in [0.5, 0.6) is 0 Å². The molecule has 164 valence electrons. The lowest BCUT2D eigenvalue weighted by molar-refractivity contribution is 0.176. The van der Waals surface area contributed by atoms with Crippen molar-refractivity contribution in [2.24, 2.45) is 4.99 Å². The molecule has 0 bridgehead atoms. The van der Waals surface area contributed by atoms with Crippen LogP contribution in [0.15, 0.2) is 41.9 Å². The van der Waals surface area contributed by atoms with Crippen LogP contribution in [0, 0.1) is 0 Å². The Bertz CT molecular complexity index is 1330. The van der Waals surface area contributed by atoms with Gasteiger partial charge in [-0.25, -0.2) is 28.6 Å². The van der Waals surface area contributed by atoms with Crippen LogP contribution in [0.1, 0.15) is 6.42 Å². The summed E-state index contributed by atoms with van der Waals surface area (Å²) >= 11 is 11.5. The van der Waals surface area contributed by atoms with Crippen molar-refractivity contribution in [2.45, 2.75) is 12.5 Å². The minimum Gasteiger partial charge on any atom is -0.391 e. The van der Waals surface area contributed by atoms with E-state index in [0.717, 1.165) is 0 Å². The number of fused-ring (bicyclic) bond motifs is 2. The first-order chi connectivity index (χ1) is 15.4. The number of nitrogens with zero attached hydrogens (tertiary/aromatic N) is 8. The van der Waals surface area contributed by atoms with Crippen molar-refractivity contribution in [1.29, 1.82) is 0 Å². The zero-order valence-corrected chi connectivity index (χ0v) is 17.8. The zero-order valence-electron chi connectivity index (χ0n) is 16.3. The molecule has 4 aromatic rings. The van der Waals surface area contributed by atoms with Gasteiger partial charge < -0.3 is 15.3 Å². The van der Waals surface area contributed by atoms with Crippen molar-refractivity contribution in [3.05, 3.63) is 47.2 Å². The van der Waals surface area contributed by atoms with Gasteiger partial charge in [0.05, 0.1) is 18.5 Å². The first-order valence-corrected chi connectivity index (χ1v) is 10.0. The predicted molar refractivity (Wildman–Crippen MR) is 115 cm³/mol. The van der Waals surface area contributed by atoms with Gasteiger partial charge in [-0.15, -0.1) is 0 Å². The third kappa shape index (κ3) is 4.68. The maximum absolute atomic E-state index is 12.0. The fourth-order valence-corrected chi connectivity index (χ4v) is 3.29. The van der Waals surface area contributed by atoms with Gasteiger partial charge in [-0.2, -0.15) is 15.2 Å². The number of rotatable bonds is 2. The number of isocyanates is 1. The summed E-state index contributed by atoms with van der Waals surface area (Å²) in [5.41, 5.74) is 1.78. The lowest BCUT2D eigenvalue weighted by atomic mass is 10.3. The molecule has 0 aromatic carbocycles. The number of carbonyl (C=O) groups is 1. The van der Waals surface area contributed by atoms with E-state index in [2.05, 4.69) is 30.5 Å². The Morgan fingerprint density at radius 1 is 1.12 bits per heavy atom. The van der Waals surface area contributed by atoms with Crippen LogP contribution < -0.4 is 5.32 Å². The molecule has 5 heterocycles. The van der Waals surface area contributed by atoms with E-state index >= 15 is 0 Å². The number of hydrogen-bond acceptors (Lipinski definition) is 8. The third-order valence-corrected chi connectivity index (χ3v) is 4.93. The van der Waals surface area contributed by atoms with Crippen molar-refractivity contribution in [3.8, 4) is 0 Å². The van der Waals surface area contributed by atoms with E-state index in [9.17, 15) is 14.7 Å². The second kappa shape index (κ2) is 9.28. The molecule has 2 N–H and O–H groups in total. The number of halogens is 2. The molecule has 1 aliphatic heterocycles. The highest BCUT2D eigenvalue weighted by Crippen LogP contribution is 2.19. The van der Waals surface area contributed by atoms with Gasteiger partial charge in [-0.3, -0.25) is 0 Å². The summed E-state index contributed by atoms with van der Waals surface area (Å²) in [5.74, 6) is 0. The summed E-state index contributed by atoms with van der Waals surface area (Å²) < 4.78 is 3.00. The monoisotopic (exact) mass is 475 g/mol. The van der Waals surface area contributed by atoms with Gasteiger partial charge in [-0.05, 0) is 18.6 Å². The first-order valence-electron chi connectivity index (χ1n) is 9.26. The van der Waals surface area contributed by atoms with Crippen LogP contribution in [0.4, 0.5) is 16.2 Å². The number of nitrogens with one attached hydrogen (secondary N) is 1. The highest BCUT2D eigenvalue weighted by Gasteiger charge is 2.25. The number of hydrogen-bond donors (Lipinski definition) is 2. The van der Waals surface area contributed by atoms with Crippen LogP contribution in [0.3, 0.4) is 0 Å². The number of urea groups is 1. The average Bonchev–Trinajstić information content (AvgIpc) is 3.48. The lowest BCUT2D eigenvalue weighted by Gasteiger charge is -2.15. The second-order valence-electron chi connectivity index (χ2n) is 6.65. The standard InChI is InChI=1S/C11H12ClN5O2.C7H3ClN4O/c12-9-2-4-17-10(15-9)8(5-13-17)14-11(19)16-3-1-7(18)6-16;8-6-1-2-12-7(11-6)5(3-10-12)9-4-13/h2,4-5,7,18H,1,3,6H2,(H,14,19);1-3H/t7-;/m0./s1. The van der Waals surface area contributed by atoms with E-state index in [4.69, 9.17) is 23.2 Å². The highest BCUT2D eigenvalue weighted by molar-refractivity contribution is 6.29. The molecule has 0 spiro atoms. The molecular formula is C18H15Cl2N9O3. The second-order valence-corrected chi connectivity index (χ2v) is 7.42. The summed E-state index contributed by atoms with van der Waals surface area (Å²) in [6.07, 6.45) is 7.82. The smallest absolute Gasteiger partial charge is 0.322 e. The van der Waals surface area contributed by atoms with Crippen LogP contribution in [-0.2, 0) is 4.79 Å². The molecule has 12 nitrogen and oxygen atoms in total. The third-order valence-electron chi connectivity index (χ3n) is 4.51. The van der Waals surface area contributed by atoms with Gasteiger partial charge in [-0.1, -0.05) is 23.2 Å². The van der Waals surface area contributed by atoms with Crippen LogP contribution in [0.25, 0.3) is 11.3 Å². The Morgan fingerprint density at radius 3 is 2.44 bits per heavy atom. The molecule has 1 aliphatic rings. The Labute approximate surface area is 190 Å². The molecule has 32 heavy (non-hydrogen) atoms. The van der Waals surface area contributed by atoms with Crippen LogP contribution in [0.2, 0.25) is 10.3 Å². The van der Waals surface area contributed by atoms with Gasteiger partial charge in [0, 0.05) is 25.5 Å². The van der Waals surface area contributed by atoms with Crippen LogP contribution in [-0.4, -0.2) is 70.5 Å². The summed E-state index contributed by atoms with van der Waals surface area (Å²) in [5, 5.41) is 20.8. The molecule has 1 saturated heterocycles. The number of anilines is 1. The van der Waals surface area contributed by atoms with E-state index < -0.39 is 6.10 Å². The van der Waals surface area contributed by atoms with Gasteiger partial charge >= 0.3 is 6.03 Å². The molecule has 2 amide bonds. The lowest BCUT2D eigenvalue weighted by Crippen LogP contribution is -2.33. The number of β-amino-alcohol motifs (C(OH)–C–C–N with tert-alkyl or cyclic N) is 1. The topological polar surface area (TPSA) is 142 Å². The number of aliphatic hydroxyl groups is 1. The summed E-state index contributed by atoms with van der Waals surface area (Å²) in [7, 11) is 0. The molecule has 0 saturated carbocycles. The maximum Gasteiger partial charge on any atom is 0.322 e. The number of aliphatic hydroxyl groups excluding tert-OH is 1. The van der Waals surface area contributed by atoms with Gasteiger partial charge in [0.2, 0.25) is 6.08 Å². The SMILES string of the molecule is O=C(Nc1cnn2ccc(Cl)nc12)N1CC[C@H](O)C1.O=C=Nc1cnn2ccc(Cl)nc12. The Hall–Kier alpha value is -3.57.